The van der Waals surface area contributed by atoms with Crippen molar-refractivity contribution in [2.24, 2.45) is 0 Å². The van der Waals surface area contributed by atoms with Crippen molar-refractivity contribution in [2.75, 3.05) is 36.5 Å². The minimum atomic E-state index is 0.0877. The number of rotatable bonds is 4. The third-order valence-electron chi connectivity index (χ3n) is 5.28. The molecule has 0 bridgehead atoms. The highest BCUT2D eigenvalue weighted by molar-refractivity contribution is 9.10. The lowest BCUT2D eigenvalue weighted by Gasteiger charge is -2.29. The normalized spacial score (nSPS) is 15.6. The molecule has 0 unspecified atom stereocenters. The lowest BCUT2D eigenvalue weighted by Crippen LogP contribution is -2.36. The summed E-state index contributed by atoms with van der Waals surface area (Å²) in [6.07, 6.45) is 1.92. The maximum absolute atomic E-state index is 5.47. The van der Waals surface area contributed by atoms with E-state index in [-0.39, 0.29) is 6.04 Å². The molecule has 4 rings (SSSR count). The first-order valence-corrected chi connectivity index (χ1v) is 10.3. The largest absolute Gasteiger partial charge is 0.378 e. The molecule has 1 aliphatic heterocycles. The Hall–Kier alpha value is -2.25. The molecule has 1 N–H and O–H groups in total. The highest BCUT2D eigenvalue weighted by Crippen LogP contribution is 2.31. The van der Waals surface area contributed by atoms with Crippen molar-refractivity contribution >= 4 is 38.3 Å². The third-order valence-corrected chi connectivity index (χ3v) is 6.14. The molecule has 1 atom stereocenters. The van der Waals surface area contributed by atoms with Crippen LogP contribution in [0.5, 0.6) is 0 Å². The molecule has 146 valence electrons. The molecule has 3 aromatic rings. The van der Waals surface area contributed by atoms with Gasteiger partial charge in [-0.2, -0.15) is 5.10 Å². The number of morpholine rings is 1. The number of ether oxygens (including phenoxy) is 1. The highest BCUT2D eigenvalue weighted by Gasteiger charge is 2.17. The van der Waals surface area contributed by atoms with Crippen LogP contribution >= 0.6 is 15.9 Å². The number of aryl methyl sites for hydroxylation is 1. The van der Waals surface area contributed by atoms with Gasteiger partial charge < -0.3 is 15.0 Å². The van der Waals surface area contributed by atoms with E-state index in [1.807, 2.05) is 13.1 Å². The molecular formula is C21H24BrN5O. The van der Waals surface area contributed by atoms with E-state index in [4.69, 9.17) is 9.72 Å². The van der Waals surface area contributed by atoms with Crippen molar-refractivity contribution in [3.05, 3.63) is 51.8 Å². The number of benzene rings is 1. The summed E-state index contributed by atoms with van der Waals surface area (Å²) in [6.45, 7) is 9.45. The molecule has 0 spiro atoms. The van der Waals surface area contributed by atoms with E-state index in [0.717, 1.165) is 58.9 Å². The lowest BCUT2D eigenvalue weighted by atomic mass is 10.0. The minimum absolute atomic E-state index is 0.0877. The number of nitrogens with zero attached hydrogens (tertiary/aromatic N) is 4. The van der Waals surface area contributed by atoms with Crippen LogP contribution in [0.15, 0.2) is 34.9 Å². The predicted molar refractivity (Wildman–Crippen MR) is 116 cm³/mol. The molecule has 0 amide bonds. The number of nitrogens with one attached hydrogen (secondary N) is 1. The SMILES string of the molecule is Cc1c(Br)cccc1[C@@H](C)Nc1nnc(C)c2ncc(N3CCOCC3)cc12. The Balaban J connectivity index is 1.71. The molecule has 0 saturated carbocycles. The smallest absolute Gasteiger partial charge is 0.158 e. The molecule has 2 aromatic heterocycles. The minimum Gasteiger partial charge on any atom is -0.378 e. The van der Waals surface area contributed by atoms with Gasteiger partial charge in [0.25, 0.3) is 0 Å². The summed E-state index contributed by atoms with van der Waals surface area (Å²) >= 11 is 3.62. The second-order valence-corrected chi connectivity index (χ2v) is 8.00. The van der Waals surface area contributed by atoms with Crippen LogP contribution in [0.2, 0.25) is 0 Å². The van der Waals surface area contributed by atoms with Gasteiger partial charge in [0, 0.05) is 22.9 Å². The fourth-order valence-electron chi connectivity index (χ4n) is 3.63. The van der Waals surface area contributed by atoms with Gasteiger partial charge in [-0.25, -0.2) is 0 Å². The van der Waals surface area contributed by atoms with Crippen LogP contribution in [0.4, 0.5) is 11.5 Å². The molecule has 0 radical (unpaired) electrons. The van der Waals surface area contributed by atoms with Gasteiger partial charge in [0.15, 0.2) is 5.82 Å². The molecule has 6 nitrogen and oxygen atoms in total. The van der Waals surface area contributed by atoms with E-state index in [1.54, 1.807) is 0 Å². The van der Waals surface area contributed by atoms with Crippen molar-refractivity contribution in [1.29, 1.82) is 0 Å². The van der Waals surface area contributed by atoms with Crippen LogP contribution in [0.3, 0.4) is 0 Å². The van der Waals surface area contributed by atoms with E-state index in [0.29, 0.717) is 0 Å². The third kappa shape index (κ3) is 3.69. The zero-order valence-corrected chi connectivity index (χ0v) is 18.0. The lowest BCUT2D eigenvalue weighted by molar-refractivity contribution is 0.122. The zero-order valence-electron chi connectivity index (χ0n) is 16.4. The maximum Gasteiger partial charge on any atom is 0.158 e. The van der Waals surface area contributed by atoms with Gasteiger partial charge >= 0.3 is 0 Å². The quantitative estimate of drug-likeness (QED) is 0.646. The first kappa shape index (κ1) is 19.1. The Kier molecular flexibility index (Phi) is 5.46. The van der Waals surface area contributed by atoms with Crippen molar-refractivity contribution < 1.29 is 4.74 Å². The summed E-state index contributed by atoms with van der Waals surface area (Å²) < 4.78 is 6.58. The van der Waals surface area contributed by atoms with E-state index in [2.05, 4.69) is 74.5 Å². The number of hydrogen-bond acceptors (Lipinski definition) is 6. The second-order valence-electron chi connectivity index (χ2n) is 7.14. The average molecular weight is 442 g/mol. The number of anilines is 2. The van der Waals surface area contributed by atoms with Crippen molar-refractivity contribution in [2.45, 2.75) is 26.8 Å². The van der Waals surface area contributed by atoms with Crippen molar-refractivity contribution in [3.8, 4) is 0 Å². The topological polar surface area (TPSA) is 63.2 Å². The number of hydrogen-bond donors (Lipinski definition) is 1. The van der Waals surface area contributed by atoms with E-state index in [9.17, 15) is 0 Å². The molecular weight excluding hydrogens is 418 g/mol. The van der Waals surface area contributed by atoms with E-state index < -0.39 is 0 Å². The maximum atomic E-state index is 5.47. The highest BCUT2D eigenvalue weighted by atomic mass is 79.9. The molecule has 1 aliphatic rings. The Morgan fingerprint density at radius 1 is 1.18 bits per heavy atom. The fraction of sp³-hybridized carbons (Fsp3) is 0.381. The Morgan fingerprint density at radius 3 is 2.75 bits per heavy atom. The number of halogens is 1. The van der Waals surface area contributed by atoms with Crippen LogP contribution in [0.1, 0.15) is 29.8 Å². The number of fused-ring (bicyclic) bond motifs is 1. The fourth-order valence-corrected chi connectivity index (χ4v) is 4.01. The summed E-state index contributed by atoms with van der Waals surface area (Å²) in [6, 6.07) is 8.51. The summed E-state index contributed by atoms with van der Waals surface area (Å²) in [5.41, 5.74) is 5.26. The zero-order chi connectivity index (χ0) is 19.7. The molecule has 7 heteroatoms. The monoisotopic (exact) mass is 441 g/mol. The van der Waals surface area contributed by atoms with Gasteiger partial charge in [-0.1, -0.05) is 28.1 Å². The van der Waals surface area contributed by atoms with Crippen LogP contribution in [0.25, 0.3) is 10.9 Å². The predicted octanol–water partition coefficient (Wildman–Crippen LogP) is 4.41. The molecule has 28 heavy (non-hydrogen) atoms. The van der Waals surface area contributed by atoms with Crippen LogP contribution in [-0.2, 0) is 4.74 Å². The second kappa shape index (κ2) is 8.01. The summed E-state index contributed by atoms with van der Waals surface area (Å²) in [5, 5.41) is 13.3. The van der Waals surface area contributed by atoms with Gasteiger partial charge in [0.2, 0.25) is 0 Å². The van der Waals surface area contributed by atoms with Gasteiger partial charge in [-0.05, 0) is 44.0 Å². The Morgan fingerprint density at radius 2 is 1.96 bits per heavy atom. The molecule has 1 fully saturated rings. The van der Waals surface area contributed by atoms with Crippen LogP contribution in [0, 0.1) is 13.8 Å². The molecule has 0 aliphatic carbocycles. The standard InChI is InChI=1S/C21H24BrN5O/c1-13-17(5-4-6-19(13)22)14(2)24-21-18-11-16(27-7-9-28-10-8-27)12-23-20(18)15(3)25-26-21/h4-6,11-12,14H,7-10H2,1-3H3,(H,24,26)/t14-/m1/s1. The van der Waals surface area contributed by atoms with Gasteiger partial charge in [-0.3, -0.25) is 4.98 Å². The summed E-state index contributed by atoms with van der Waals surface area (Å²) in [4.78, 5) is 7.00. The summed E-state index contributed by atoms with van der Waals surface area (Å²) in [5.74, 6) is 0.759. The van der Waals surface area contributed by atoms with Gasteiger partial charge in [0.1, 0.15) is 0 Å². The van der Waals surface area contributed by atoms with E-state index >= 15 is 0 Å². The van der Waals surface area contributed by atoms with Crippen molar-refractivity contribution in [3.63, 3.8) is 0 Å². The van der Waals surface area contributed by atoms with E-state index in [1.165, 1.54) is 11.1 Å². The first-order chi connectivity index (χ1) is 13.5. The summed E-state index contributed by atoms with van der Waals surface area (Å²) in [7, 11) is 0. The van der Waals surface area contributed by atoms with Crippen molar-refractivity contribution in [1.82, 2.24) is 15.2 Å². The number of aromatic nitrogens is 3. The van der Waals surface area contributed by atoms with Gasteiger partial charge in [0.05, 0.1) is 42.4 Å². The first-order valence-electron chi connectivity index (χ1n) is 9.52. The number of pyridine rings is 1. The van der Waals surface area contributed by atoms with Crippen LogP contribution < -0.4 is 10.2 Å². The molecule has 1 saturated heterocycles. The molecule has 1 aromatic carbocycles. The Labute approximate surface area is 173 Å². The average Bonchev–Trinajstić information content (AvgIpc) is 2.72. The van der Waals surface area contributed by atoms with Crippen LogP contribution in [-0.4, -0.2) is 41.5 Å². The Bertz CT molecular complexity index is 1000. The molecule has 3 heterocycles. The van der Waals surface area contributed by atoms with Gasteiger partial charge in [-0.15, -0.1) is 5.10 Å².